The molecule has 0 aliphatic carbocycles. The van der Waals surface area contributed by atoms with Gasteiger partial charge in [0.25, 0.3) is 0 Å². The monoisotopic (exact) mass is 259 g/mol. The number of aryl methyl sites for hydroxylation is 1. The highest BCUT2D eigenvalue weighted by Gasteiger charge is 2.17. The molecule has 0 fully saturated rings. The summed E-state index contributed by atoms with van der Waals surface area (Å²) >= 11 is 0. The van der Waals surface area contributed by atoms with Gasteiger partial charge in [0.1, 0.15) is 18.0 Å². The number of benzene rings is 1. The molecule has 0 atom stereocenters. The first kappa shape index (κ1) is 13.5. The summed E-state index contributed by atoms with van der Waals surface area (Å²) in [6.07, 6.45) is 1.51. The fraction of sp³-hybridized carbons (Fsp3) is 0.333. The molecule has 0 spiro atoms. The van der Waals surface area contributed by atoms with Gasteiger partial charge in [0.2, 0.25) is 0 Å². The van der Waals surface area contributed by atoms with Crippen LogP contribution in [0.1, 0.15) is 30.9 Å². The highest BCUT2D eigenvalue weighted by atomic mass is 19.1. The van der Waals surface area contributed by atoms with Crippen LogP contribution < -0.4 is 5.32 Å². The number of rotatable bonds is 3. The van der Waals surface area contributed by atoms with Crippen molar-refractivity contribution in [2.45, 2.75) is 26.7 Å². The van der Waals surface area contributed by atoms with E-state index in [0.29, 0.717) is 0 Å². The number of hydrogen-bond donors (Lipinski definition) is 1. The Kier molecular flexibility index (Phi) is 3.79. The third-order valence-corrected chi connectivity index (χ3v) is 3.15. The molecule has 100 valence electrons. The van der Waals surface area contributed by atoms with E-state index in [9.17, 15) is 4.39 Å². The minimum atomic E-state index is -0.250. The second kappa shape index (κ2) is 5.34. The zero-order valence-corrected chi connectivity index (χ0v) is 11.7. The van der Waals surface area contributed by atoms with Crippen molar-refractivity contribution in [1.82, 2.24) is 9.97 Å². The first-order valence-electron chi connectivity index (χ1n) is 6.33. The maximum Gasteiger partial charge on any atom is 0.133 e. The average Bonchev–Trinajstić information content (AvgIpc) is 2.40. The summed E-state index contributed by atoms with van der Waals surface area (Å²) in [7, 11) is 1.83. The summed E-state index contributed by atoms with van der Waals surface area (Å²) in [5.41, 5.74) is 3.64. The van der Waals surface area contributed by atoms with E-state index in [-0.39, 0.29) is 11.7 Å². The van der Waals surface area contributed by atoms with Crippen LogP contribution in [-0.4, -0.2) is 17.0 Å². The molecule has 2 rings (SSSR count). The van der Waals surface area contributed by atoms with Crippen LogP contribution in [0.5, 0.6) is 0 Å². The Morgan fingerprint density at radius 3 is 2.58 bits per heavy atom. The summed E-state index contributed by atoms with van der Waals surface area (Å²) in [6, 6.07) is 4.77. The highest BCUT2D eigenvalue weighted by Crippen LogP contribution is 2.33. The zero-order chi connectivity index (χ0) is 14.0. The molecule has 0 saturated heterocycles. The molecule has 2 aromatic rings. The Morgan fingerprint density at radius 1 is 1.21 bits per heavy atom. The summed E-state index contributed by atoms with van der Waals surface area (Å²) in [5.74, 6) is 0.796. The van der Waals surface area contributed by atoms with Gasteiger partial charge in [-0.05, 0) is 30.5 Å². The number of anilines is 1. The lowest BCUT2D eigenvalue weighted by molar-refractivity contribution is 0.627. The van der Waals surface area contributed by atoms with E-state index >= 15 is 0 Å². The van der Waals surface area contributed by atoms with Crippen molar-refractivity contribution in [3.8, 4) is 11.3 Å². The molecule has 0 aliphatic rings. The van der Waals surface area contributed by atoms with Gasteiger partial charge in [-0.3, -0.25) is 0 Å². The summed E-state index contributed by atoms with van der Waals surface area (Å²) in [6.45, 7) is 6.12. The molecule has 19 heavy (non-hydrogen) atoms. The van der Waals surface area contributed by atoms with E-state index < -0.39 is 0 Å². The molecular formula is C15H18FN3. The lowest BCUT2D eigenvalue weighted by Crippen LogP contribution is -2.05. The van der Waals surface area contributed by atoms with Crippen molar-refractivity contribution < 1.29 is 4.39 Å². The molecule has 4 heteroatoms. The molecule has 0 unspecified atom stereocenters. The maximum atomic E-state index is 13.5. The molecule has 1 heterocycles. The second-order valence-electron chi connectivity index (χ2n) is 4.85. The molecule has 1 N–H and O–H groups in total. The van der Waals surface area contributed by atoms with Gasteiger partial charge in [0, 0.05) is 18.2 Å². The molecular weight excluding hydrogens is 241 g/mol. The smallest absolute Gasteiger partial charge is 0.133 e. The number of aromatic nitrogens is 2. The van der Waals surface area contributed by atoms with Gasteiger partial charge in [0.05, 0.1) is 5.69 Å². The molecule has 0 radical (unpaired) electrons. The average molecular weight is 259 g/mol. The lowest BCUT2D eigenvalue weighted by Gasteiger charge is -2.16. The first-order valence-corrected chi connectivity index (χ1v) is 6.33. The fourth-order valence-corrected chi connectivity index (χ4v) is 2.21. The molecule has 0 saturated carbocycles. The number of halogens is 1. The molecule has 3 nitrogen and oxygen atoms in total. The van der Waals surface area contributed by atoms with Crippen LogP contribution in [0, 0.1) is 12.7 Å². The molecule has 0 aliphatic heterocycles. The van der Waals surface area contributed by atoms with E-state index in [1.165, 1.54) is 18.5 Å². The van der Waals surface area contributed by atoms with Crippen molar-refractivity contribution in [1.29, 1.82) is 0 Å². The largest absolute Gasteiger partial charge is 0.373 e. The van der Waals surface area contributed by atoms with E-state index in [0.717, 1.165) is 28.2 Å². The van der Waals surface area contributed by atoms with E-state index in [4.69, 9.17) is 0 Å². The minimum Gasteiger partial charge on any atom is -0.373 e. The zero-order valence-electron chi connectivity index (χ0n) is 11.7. The second-order valence-corrected chi connectivity index (χ2v) is 4.85. The number of nitrogens with one attached hydrogen (secondary N) is 1. The molecule has 1 aromatic heterocycles. The topological polar surface area (TPSA) is 37.8 Å². The van der Waals surface area contributed by atoms with E-state index in [1.807, 2.05) is 14.0 Å². The number of hydrogen-bond acceptors (Lipinski definition) is 3. The minimum absolute atomic E-state index is 0.250. The number of nitrogens with zero attached hydrogens (tertiary/aromatic N) is 2. The van der Waals surface area contributed by atoms with Crippen molar-refractivity contribution >= 4 is 5.82 Å². The third-order valence-electron chi connectivity index (χ3n) is 3.15. The van der Waals surface area contributed by atoms with Crippen molar-refractivity contribution in [2.24, 2.45) is 0 Å². The first-order chi connectivity index (χ1) is 9.04. The Balaban J connectivity index is 2.71. The Labute approximate surface area is 112 Å². The normalized spacial score (nSPS) is 10.8. The molecule has 0 bridgehead atoms. The third kappa shape index (κ3) is 2.57. The summed E-state index contributed by atoms with van der Waals surface area (Å²) < 4.78 is 13.5. The summed E-state index contributed by atoms with van der Waals surface area (Å²) in [5, 5.41) is 3.08. The predicted molar refractivity (Wildman–Crippen MR) is 75.8 cm³/mol. The van der Waals surface area contributed by atoms with Gasteiger partial charge < -0.3 is 5.32 Å². The van der Waals surface area contributed by atoms with Gasteiger partial charge in [-0.25, -0.2) is 14.4 Å². The van der Waals surface area contributed by atoms with Crippen LogP contribution in [0.2, 0.25) is 0 Å². The predicted octanol–water partition coefficient (Wildman–Crippen LogP) is 3.76. The Bertz CT molecular complexity index is 594. The van der Waals surface area contributed by atoms with Gasteiger partial charge in [-0.2, -0.15) is 0 Å². The van der Waals surface area contributed by atoms with Gasteiger partial charge >= 0.3 is 0 Å². The van der Waals surface area contributed by atoms with Crippen LogP contribution >= 0.6 is 0 Å². The van der Waals surface area contributed by atoms with Gasteiger partial charge in [-0.15, -0.1) is 0 Å². The van der Waals surface area contributed by atoms with Gasteiger partial charge in [0.15, 0.2) is 0 Å². The fourth-order valence-electron chi connectivity index (χ4n) is 2.21. The maximum absolute atomic E-state index is 13.5. The van der Waals surface area contributed by atoms with E-state index in [1.54, 1.807) is 6.07 Å². The standard InChI is InChI=1S/C15H18FN3/c1-9(2)13-14(18-8-19-15(13)17-4)12-7-11(16)6-5-10(12)3/h5-9H,1-4H3,(H,17,18,19). The SMILES string of the molecule is CNc1ncnc(-c2cc(F)ccc2C)c1C(C)C. The Morgan fingerprint density at radius 2 is 1.95 bits per heavy atom. The highest BCUT2D eigenvalue weighted by molar-refractivity contribution is 5.71. The van der Waals surface area contributed by atoms with Crippen molar-refractivity contribution in [2.75, 3.05) is 12.4 Å². The lowest BCUT2D eigenvalue weighted by atomic mass is 9.95. The van der Waals surface area contributed by atoms with Crippen molar-refractivity contribution in [3.63, 3.8) is 0 Å². The van der Waals surface area contributed by atoms with Crippen LogP contribution in [0.15, 0.2) is 24.5 Å². The van der Waals surface area contributed by atoms with Crippen LogP contribution in [0.3, 0.4) is 0 Å². The Hall–Kier alpha value is -1.97. The van der Waals surface area contributed by atoms with Gasteiger partial charge in [-0.1, -0.05) is 19.9 Å². The quantitative estimate of drug-likeness (QED) is 0.912. The van der Waals surface area contributed by atoms with E-state index in [2.05, 4.69) is 29.1 Å². The van der Waals surface area contributed by atoms with Crippen molar-refractivity contribution in [3.05, 3.63) is 41.5 Å². The van der Waals surface area contributed by atoms with Crippen LogP contribution in [-0.2, 0) is 0 Å². The summed E-state index contributed by atoms with van der Waals surface area (Å²) in [4.78, 5) is 8.60. The molecule has 1 aromatic carbocycles. The van der Waals surface area contributed by atoms with Crippen LogP contribution in [0.4, 0.5) is 10.2 Å². The molecule has 0 amide bonds. The van der Waals surface area contributed by atoms with Crippen LogP contribution in [0.25, 0.3) is 11.3 Å².